The highest BCUT2D eigenvalue weighted by atomic mass is 32.2. The maximum atomic E-state index is 11.8. The predicted octanol–water partition coefficient (Wildman–Crippen LogP) is 2.71. The van der Waals surface area contributed by atoms with Crippen LogP contribution in [-0.2, 0) is 16.8 Å². The molecule has 2 rings (SSSR count). The molecule has 0 fully saturated rings. The largest absolute Gasteiger partial charge is 0.364 e. The van der Waals surface area contributed by atoms with Gasteiger partial charge in [-0.3, -0.25) is 4.72 Å². The third-order valence-corrected chi connectivity index (χ3v) is 5.04. The maximum absolute atomic E-state index is 11.8. The molecule has 0 saturated carbocycles. The van der Waals surface area contributed by atoms with Gasteiger partial charge in [-0.1, -0.05) is 30.3 Å². The smallest absolute Gasteiger partial charge is 0.302 e. The topological polar surface area (TPSA) is 65.5 Å². The van der Waals surface area contributed by atoms with Gasteiger partial charge in [-0.2, -0.15) is 12.7 Å². The Morgan fingerprint density at radius 1 is 1.08 bits per heavy atom. The van der Waals surface area contributed by atoms with Crippen molar-refractivity contribution in [3.05, 3.63) is 54.2 Å². The van der Waals surface area contributed by atoms with E-state index in [1.807, 2.05) is 24.3 Å². The second kappa shape index (κ2) is 7.63. The van der Waals surface area contributed by atoms with Crippen LogP contribution in [0.25, 0.3) is 0 Å². The molecule has 0 aliphatic heterocycles. The first-order chi connectivity index (χ1) is 11.3. The Morgan fingerprint density at radius 3 is 2.25 bits per heavy atom. The Morgan fingerprint density at radius 2 is 1.75 bits per heavy atom. The van der Waals surface area contributed by atoms with Gasteiger partial charge in [-0.15, -0.1) is 0 Å². The van der Waals surface area contributed by atoms with Gasteiger partial charge in [0.15, 0.2) is 0 Å². The number of rotatable bonds is 7. The highest BCUT2D eigenvalue weighted by Crippen LogP contribution is 2.21. The Kier molecular flexibility index (Phi) is 5.80. The zero-order valence-corrected chi connectivity index (χ0v) is 15.3. The molecule has 130 valence electrons. The molecule has 1 aromatic carbocycles. The van der Waals surface area contributed by atoms with Crippen LogP contribution in [0.15, 0.2) is 48.7 Å². The Bertz CT molecular complexity index is 744. The van der Waals surface area contributed by atoms with E-state index in [4.69, 9.17) is 0 Å². The fourth-order valence-electron chi connectivity index (χ4n) is 2.19. The first-order valence-electron chi connectivity index (χ1n) is 7.76. The van der Waals surface area contributed by atoms with Crippen LogP contribution >= 0.6 is 0 Å². The predicted molar refractivity (Wildman–Crippen MR) is 98.2 cm³/mol. The van der Waals surface area contributed by atoms with E-state index in [0.29, 0.717) is 5.82 Å². The van der Waals surface area contributed by atoms with Crippen LogP contribution < -0.4 is 9.62 Å². The van der Waals surface area contributed by atoms with E-state index in [2.05, 4.69) is 40.6 Å². The lowest BCUT2D eigenvalue weighted by Gasteiger charge is -2.29. The summed E-state index contributed by atoms with van der Waals surface area (Å²) in [6.07, 6.45) is 1.69. The van der Waals surface area contributed by atoms with Crippen molar-refractivity contribution in [3.8, 4) is 0 Å². The summed E-state index contributed by atoms with van der Waals surface area (Å²) in [5, 5.41) is 0. The van der Waals surface area contributed by atoms with Crippen molar-refractivity contribution in [1.29, 1.82) is 0 Å². The van der Waals surface area contributed by atoms with Crippen molar-refractivity contribution in [1.82, 2.24) is 9.29 Å². The number of pyridine rings is 1. The number of nitrogens with zero attached hydrogens (tertiary/aromatic N) is 3. The van der Waals surface area contributed by atoms with Gasteiger partial charge >= 0.3 is 10.2 Å². The van der Waals surface area contributed by atoms with Gasteiger partial charge in [-0.05, 0) is 31.5 Å². The molecule has 0 spiro atoms. The van der Waals surface area contributed by atoms with Gasteiger partial charge in [0.2, 0.25) is 0 Å². The monoisotopic (exact) mass is 348 g/mol. The minimum atomic E-state index is -3.54. The first-order valence-corrected chi connectivity index (χ1v) is 9.20. The third kappa shape index (κ3) is 4.69. The molecule has 0 aliphatic rings. The average Bonchev–Trinajstić information content (AvgIpc) is 2.54. The minimum absolute atomic E-state index is 0.288. The summed E-state index contributed by atoms with van der Waals surface area (Å²) >= 11 is 0. The van der Waals surface area contributed by atoms with Crippen molar-refractivity contribution < 1.29 is 8.42 Å². The Labute approximate surface area is 144 Å². The quantitative estimate of drug-likeness (QED) is 0.835. The number of benzene rings is 1. The summed E-state index contributed by atoms with van der Waals surface area (Å²) in [5.74, 6) is 0.302. The van der Waals surface area contributed by atoms with Gasteiger partial charge in [-0.25, -0.2) is 4.98 Å². The fraction of sp³-hybridized carbons (Fsp3) is 0.353. The first kappa shape index (κ1) is 18.2. The van der Waals surface area contributed by atoms with Gasteiger partial charge in [0, 0.05) is 26.7 Å². The number of hydrogen-bond donors (Lipinski definition) is 1. The number of hydrogen-bond acceptors (Lipinski definition) is 4. The Hall–Kier alpha value is -2.12. The molecule has 0 atom stereocenters. The second-order valence-electron chi connectivity index (χ2n) is 6.00. The van der Waals surface area contributed by atoms with Crippen LogP contribution in [0.5, 0.6) is 0 Å². The summed E-state index contributed by atoms with van der Waals surface area (Å²) in [5.41, 5.74) is 2.16. The molecule has 0 radical (unpaired) electrons. The van der Waals surface area contributed by atoms with Crippen molar-refractivity contribution >= 4 is 21.7 Å². The SMILES string of the molecule is CC(C)N(Cc1ccccc1)c1ccc(NS(=O)(=O)N(C)C)nc1. The third-order valence-electron chi connectivity index (χ3n) is 3.61. The fourth-order valence-corrected chi connectivity index (χ4v) is 2.76. The van der Waals surface area contributed by atoms with Gasteiger partial charge in [0.1, 0.15) is 5.82 Å². The summed E-state index contributed by atoms with van der Waals surface area (Å²) in [7, 11) is -0.603. The highest BCUT2D eigenvalue weighted by Gasteiger charge is 2.15. The van der Waals surface area contributed by atoms with E-state index in [-0.39, 0.29) is 6.04 Å². The van der Waals surface area contributed by atoms with Crippen LogP contribution in [0.4, 0.5) is 11.5 Å². The number of anilines is 2. The van der Waals surface area contributed by atoms with Crippen LogP contribution in [0.3, 0.4) is 0 Å². The molecule has 0 aliphatic carbocycles. The Balaban J connectivity index is 2.17. The molecule has 2 aromatic rings. The molecule has 0 unspecified atom stereocenters. The van der Waals surface area contributed by atoms with E-state index in [1.165, 1.54) is 19.7 Å². The molecule has 1 N–H and O–H groups in total. The minimum Gasteiger partial charge on any atom is -0.364 e. The van der Waals surface area contributed by atoms with Gasteiger partial charge in [0.25, 0.3) is 0 Å². The summed E-state index contributed by atoms with van der Waals surface area (Å²) in [4.78, 5) is 6.45. The van der Waals surface area contributed by atoms with E-state index >= 15 is 0 Å². The van der Waals surface area contributed by atoms with Crippen molar-refractivity contribution in [2.75, 3.05) is 23.7 Å². The van der Waals surface area contributed by atoms with E-state index in [1.54, 1.807) is 12.3 Å². The molecule has 0 saturated heterocycles. The van der Waals surface area contributed by atoms with E-state index in [9.17, 15) is 8.42 Å². The molecular formula is C17H24N4O2S. The van der Waals surface area contributed by atoms with E-state index < -0.39 is 10.2 Å². The maximum Gasteiger partial charge on any atom is 0.302 e. The van der Waals surface area contributed by atoms with Crippen LogP contribution in [0.2, 0.25) is 0 Å². The van der Waals surface area contributed by atoms with Crippen molar-refractivity contribution in [2.24, 2.45) is 0 Å². The molecule has 6 nitrogen and oxygen atoms in total. The molecule has 7 heteroatoms. The van der Waals surface area contributed by atoms with Crippen LogP contribution in [0, 0.1) is 0 Å². The summed E-state index contributed by atoms with van der Waals surface area (Å²) < 4.78 is 27.2. The zero-order chi connectivity index (χ0) is 17.7. The normalized spacial score (nSPS) is 11.8. The van der Waals surface area contributed by atoms with E-state index in [0.717, 1.165) is 16.5 Å². The molecule has 0 amide bonds. The highest BCUT2D eigenvalue weighted by molar-refractivity contribution is 7.90. The summed E-state index contributed by atoms with van der Waals surface area (Å²) in [6, 6.07) is 14.1. The number of aromatic nitrogens is 1. The standard InChI is InChI=1S/C17H24N4O2S/c1-14(2)21(13-15-8-6-5-7-9-15)16-10-11-17(18-12-16)19-24(22,23)20(3)4/h5-12,14H,13H2,1-4H3,(H,18,19). The lowest BCUT2D eigenvalue weighted by atomic mass is 10.1. The van der Waals surface area contributed by atoms with Crippen molar-refractivity contribution in [3.63, 3.8) is 0 Å². The summed E-state index contributed by atoms with van der Waals surface area (Å²) in [6.45, 7) is 5.00. The lowest BCUT2D eigenvalue weighted by Crippen LogP contribution is -2.31. The number of nitrogens with one attached hydrogen (secondary N) is 1. The van der Waals surface area contributed by atoms with Gasteiger partial charge < -0.3 is 4.90 Å². The zero-order valence-electron chi connectivity index (χ0n) is 14.5. The molecule has 0 bridgehead atoms. The molecular weight excluding hydrogens is 324 g/mol. The average molecular weight is 348 g/mol. The van der Waals surface area contributed by atoms with Crippen LogP contribution in [-0.4, -0.2) is 37.8 Å². The molecule has 24 heavy (non-hydrogen) atoms. The molecule has 1 aromatic heterocycles. The second-order valence-corrected chi connectivity index (χ2v) is 7.88. The van der Waals surface area contributed by atoms with Gasteiger partial charge in [0.05, 0.1) is 11.9 Å². The van der Waals surface area contributed by atoms with Crippen molar-refractivity contribution in [2.45, 2.75) is 26.4 Å². The van der Waals surface area contributed by atoms with Crippen LogP contribution in [0.1, 0.15) is 19.4 Å². The lowest BCUT2D eigenvalue weighted by molar-refractivity contribution is 0.526. The molecule has 1 heterocycles.